The third-order valence-corrected chi connectivity index (χ3v) is 3.45. The first-order valence-electron chi connectivity index (χ1n) is 6.94. The monoisotopic (exact) mass is 260 g/mol. The number of rotatable bonds is 7. The molecule has 0 saturated heterocycles. The maximum absolute atomic E-state index is 10.4. The van der Waals surface area contributed by atoms with E-state index in [1.807, 2.05) is 6.08 Å². The van der Waals surface area contributed by atoms with Gasteiger partial charge in [0.1, 0.15) is 0 Å². The average Bonchev–Trinajstić information content (AvgIpc) is 2.37. The molecule has 0 radical (unpaired) electrons. The van der Waals surface area contributed by atoms with Crippen LogP contribution in [-0.2, 0) is 10.2 Å². The fourth-order valence-electron chi connectivity index (χ4n) is 2.10. The SMILES string of the molecule is CCCCC(C)(C)c1ccc(C=CCC(=O)O)cc1. The van der Waals surface area contributed by atoms with Crippen molar-refractivity contribution in [3.05, 3.63) is 41.5 Å². The van der Waals surface area contributed by atoms with Gasteiger partial charge in [0, 0.05) is 0 Å². The van der Waals surface area contributed by atoms with Gasteiger partial charge < -0.3 is 5.11 Å². The standard InChI is InChI=1S/C17H24O2/c1-4-5-13-17(2,3)15-11-9-14(10-12-15)7-6-8-16(18)19/h6-7,9-12H,4-5,8,13H2,1-3H3,(H,18,19). The van der Waals surface area contributed by atoms with Gasteiger partial charge in [-0.15, -0.1) is 0 Å². The highest BCUT2D eigenvalue weighted by Gasteiger charge is 2.19. The Hall–Kier alpha value is -1.57. The summed E-state index contributed by atoms with van der Waals surface area (Å²) in [6.45, 7) is 6.77. The summed E-state index contributed by atoms with van der Waals surface area (Å²) in [5.41, 5.74) is 2.60. The van der Waals surface area contributed by atoms with Crippen LogP contribution in [0.4, 0.5) is 0 Å². The fraction of sp³-hybridized carbons (Fsp3) is 0.471. The summed E-state index contributed by atoms with van der Waals surface area (Å²) < 4.78 is 0. The summed E-state index contributed by atoms with van der Waals surface area (Å²) in [4.78, 5) is 10.4. The van der Waals surface area contributed by atoms with Crippen LogP contribution in [0.5, 0.6) is 0 Å². The Morgan fingerprint density at radius 3 is 2.42 bits per heavy atom. The topological polar surface area (TPSA) is 37.3 Å². The van der Waals surface area contributed by atoms with Crippen molar-refractivity contribution in [1.29, 1.82) is 0 Å². The van der Waals surface area contributed by atoms with Gasteiger partial charge in [-0.25, -0.2) is 0 Å². The van der Waals surface area contributed by atoms with Crippen LogP contribution in [0.25, 0.3) is 6.08 Å². The van der Waals surface area contributed by atoms with E-state index in [-0.39, 0.29) is 11.8 Å². The van der Waals surface area contributed by atoms with E-state index in [4.69, 9.17) is 5.11 Å². The molecule has 2 heteroatoms. The molecule has 0 spiro atoms. The molecule has 0 amide bonds. The highest BCUT2D eigenvalue weighted by Crippen LogP contribution is 2.29. The zero-order chi connectivity index (χ0) is 14.3. The molecule has 0 aliphatic rings. The maximum atomic E-state index is 10.4. The molecule has 0 aromatic heterocycles. The molecule has 0 fully saturated rings. The van der Waals surface area contributed by atoms with Gasteiger partial charge in [-0.3, -0.25) is 4.79 Å². The van der Waals surface area contributed by atoms with E-state index in [0.29, 0.717) is 0 Å². The third-order valence-electron chi connectivity index (χ3n) is 3.45. The second-order valence-corrected chi connectivity index (χ2v) is 5.61. The van der Waals surface area contributed by atoms with Crippen LogP contribution >= 0.6 is 0 Å². The zero-order valence-corrected chi connectivity index (χ0v) is 12.1. The Balaban J connectivity index is 2.70. The van der Waals surface area contributed by atoms with Gasteiger partial charge in [-0.05, 0) is 23.0 Å². The zero-order valence-electron chi connectivity index (χ0n) is 12.1. The molecule has 2 nitrogen and oxygen atoms in total. The normalized spacial score (nSPS) is 11.9. The van der Waals surface area contributed by atoms with E-state index in [1.54, 1.807) is 6.08 Å². The highest BCUT2D eigenvalue weighted by molar-refractivity contribution is 5.70. The van der Waals surface area contributed by atoms with Crippen LogP contribution in [0.15, 0.2) is 30.3 Å². The Bertz CT molecular complexity index is 427. The van der Waals surface area contributed by atoms with Gasteiger partial charge in [0.05, 0.1) is 6.42 Å². The molecule has 1 aromatic carbocycles. The molecule has 0 heterocycles. The molecule has 1 aromatic rings. The summed E-state index contributed by atoms with van der Waals surface area (Å²) >= 11 is 0. The number of unbranched alkanes of at least 4 members (excludes halogenated alkanes) is 1. The molecule has 0 bridgehead atoms. The predicted octanol–water partition coefficient (Wildman–Crippen LogP) is 4.64. The van der Waals surface area contributed by atoms with Crippen molar-refractivity contribution < 1.29 is 9.90 Å². The summed E-state index contributed by atoms with van der Waals surface area (Å²) in [5, 5.41) is 8.57. The molecule has 0 aliphatic carbocycles. The van der Waals surface area contributed by atoms with Gasteiger partial charge in [0.2, 0.25) is 0 Å². The lowest BCUT2D eigenvalue weighted by molar-refractivity contribution is -0.135. The molecular weight excluding hydrogens is 236 g/mol. The van der Waals surface area contributed by atoms with Gasteiger partial charge in [0.15, 0.2) is 0 Å². The largest absolute Gasteiger partial charge is 0.481 e. The van der Waals surface area contributed by atoms with Gasteiger partial charge in [0.25, 0.3) is 0 Å². The average molecular weight is 260 g/mol. The van der Waals surface area contributed by atoms with Crippen LogP contribution in [0, 0.1) is 0 Å². The van der Waals surface area contributed by atoms with Crippen LogP contribution in [0.3, 0.4) is 0 Å². The molecule has 0 aliphatic heterocycles. The molecule has 0 atom stereocenters. The number of carboxylic acid groups (broad SMARTS) is 1. The first kappa shape index (κ1) is 15.5. The van der Waals surface area contributed by atoms with E-state index in [0.717, 1.165) is 5.56 Å². The quantitative estimate of drug-likeness (QED) is 0.775. The minimum atomic E-state index is -0.798. The molecule has 19 heavy (non-hydrogen) atoms. The number of aliphatic carboxylic acids is 1. The van der Waals surface area contributed by atoms with Crippen molar-refractivity contribution in [2.45, 2.75) is 51.9 Å². The van der Waals surface area contributed by atoms with Crippen molar-refractivity contribution >= 4 is 12.0 Å². The van der Waals surface area contributed by atoms with E-state index >= 15 is 0 Å². The first-order valence-corrected chi connectivity index (χ1v) is 6.94. The van der Waals surface area contributed by atoms with Gasteiger partial charge >= 0.3 is 5.97 Å². The number of benzene rings is 1. The lowest BCUT2D eigenvalue weighted by atomic mass is 9.80. The van der Waals surface area contributed by atoms with Gasteiger partial charge in [-0.2, -0.15) is 0 Å². The van der Waals surface area contributed by atoms with E-state index in [2.05, 4.69) is 45.0 Å². The van der Waals surface area contributed by atoms with E-state index in [1.165, 1.54) is 24.8 Å². The lowest BCUT2D eigenvalue weighted by Gasteiger charge is -2.25. The first-order chi connectivity index (χ1) is 8.95. The highest BCUT2D eigenvalue weighted by atomic mass is 16.4. The van der Waals surface area contributed by atoms with Crippen LogP contribution in [0.1, 0.15) is 57.6 Å². The Kier molecular flexibility index (Phi) is 5.81. The molecule has 1 rings (SSSR count). The molecule has 0 unspecified atom stereocenters. The summed E-state index contributed by atoms with van der Waals surface area (Å²) in [5.74, 6) is -0.798. The van der Waals surface area contributed by atoms with E-state index in [9.17, 15) is 4.79 Å². The molecule has 1 N–H and O–H groups in total. The third kappa shape index (κ3) is 5.29. The van der Waals surface area contributed by atoms with Crippen molar-refractivity contribution in [3.63, 3.8) is 0 Å². The van der Waals surface area contributed by atoms with Crippen molar-refractivity contribution in [3.8, 4) is 0 Å². The predicted molar refractivity (Wildman–Crippen MR) is 80.3 cm³/mol. The number of carboxylic acids is 1. The second-order valence-electron chi connectivity index (χ2n) is 5.61. The summed E-state index contributed by atoms with van der Waals surface area (Å²) in [6, 6.07) is 8.41. The fourth-order valence-corrected chi connectivity index (χ4v) is 2.10. The molecule has 0 saturated carbocycles. The van der Waals surface area contributed by atoms with Crippen molar-refractivity contribution in [2.75, 3.05) is 0 Å². The Morgan fingerprint density at radius 1 is 1.26 bits per heavy atom. The van der Waals surface area contributed by atoms with Crippen LogP contribution < -0.4 is 0 Å². The Morgan fingerprint density at radius 2 is 1.89 bits per heavy atom. The lowest BCUT2D eigenvalue weighted by Crippen LogP contribution is -2.16. The minimum absolute atomic E-state index is 0.0732. The van der Waals surface area contributed by atoms with Crippen molar-refractivity contribution in [1.82, 2.24) is 0 Å². The van der Waals surface area contributed by atoms with Crippen molar-refractivity contribution in [2.24, 2.45) is 0 Å². The smallest absolute Gasteiger partial charge is 0.307 e. The number of carbonyl (C=O) groups is 1. The van der Waals surface area contributed by atoms with Crippen LogP contribution in [-0.4, -0.2) is 11.1 Å². The number of hydrogen-bond acceptors (Lipinski definition) is 1. The summed E-state index contributed by atoms with van der Waals surface area (Å²) in [6.07, 6.45) is 7.27. The van der Waals surface area contributed by atoms with Crippen LogP contribution in [0.2, 0.25) is 0 Å². The molecular formula is C17H24O2. The second kappa shape index (κ2) is 7.13. The van der Waals surface area contributed by atoms with Gasteiger partial charge in [-0.1, -0.05) is 70.0 Å². The maximum Gasteiger partial charge on any atom is 0.307 e. The minimum Gasteiger partial charge on any atom is -0.481 e. The summed E-state index contributed by atoms with van der Waals surface area (Å²) in [7, 11) is 0. The van der Waals surface area contributed by atoms with E-state index < -0.39 is 5.97 Å². The Labute approximate surface area is 116 Å². The molecule has 104 valence electrons. The number of hydrogen-bond donors (Lipinski definition) is 1.